The molecule has 0 heterocycles. The van der Waals surface area contributed by atoms with Gasteiger partial charge in [-0.25, -0.2) is 13.6 Å². The SMILES string of the molecule is Cc1c(Nc2ccc(Br)cc2Cl)cc(N)cc1S(N)(=O)=O. The van der Waals surface area contributed by atoms with Gasteiger partial charge in [-0.15, -0.1) is 0 Å². The monoisotopic (exact) mass is 389 g/mol. The summed E-state index contributed by atoms with van der Waals surface area (Å²) in [6, 6.07) is 8.27. The van der Waals surface area contributed by atoms with Gasteiger partial charge in [0.1, 0.15) is 0 Å². The molecule has 0 saturated carbocycles. The molecule has 5 N–H and O–H groups in total. The molecule has 0 atom stereocenters. The Morgan fingerprint density at radius 3 is 2.43 bits per heavy atom. The molecule has 0 aliphatic carbocycles. The van der Waals surface area contributed by atoms with Gasteiger partial charge in [0.25, 0.3) is 0 Å². The van der Waals surface area contributed by atoms with Crippen molar-refractivity contribution in [3.8, 4) is 0 Å². The van der Waals surface area contributed by atoms with Crippen LogP contribution in [0, 0.1) is 6.92 Å². The fourth-order valence-corrected chi connectivity index (χ4v) is 3.43. The van der Waals surface area contributed by atoms with Gasteiger partial charge in [0.05, 0.1) is 15.6 Å². The minimum atomic E-state index is -3.85. The Kier molecular flexibility index (Phi) is 4.48. The van der Waals surface area contributed by atoms with Crippen LogP contribution in [0.2, 0.25) is 5.02 Å². The minimum absolute atomic E-state index is 0.0155. The molecule has 0 bridgehead atoms. The Labute approximate surface area is 136 Å². The van der Waals surface area contributed by atoms with Gasteiger partial charge in [0.15, 0.2) is 0 Å². The maximum atomic E-state index is 11.6. The second-order valence-electron chi connectivity index (χ2n) is 4.49. The van der Waals surface area contributed by atoms with Crippen LogP contribution in [-0.2, 0) is 10.0 Å². The highest BCUT2D eigenvalue weighted by Gasteiger charge is 2.16. The zero-order chi connectivity index (χ0) is 15.8. The van der Waals surface area contributed by atoms with Crippen LogP contribution < -0.4 is 16.2 Å². The zero-order valence-corrected chi connectivity index (χ0v) is 14.2. The number of hydrogen-bond donors (Lipinski definition) is 3. The summed E-state index contributed by atoms with van der Waals surface area (Å²) in [5.41, 5.74) is 7.67. The lowest BCUT2D eigenvalue weighted by molar-refractivity contribution is 0.597. The number of benzene rings is 2. The maximum Gasteiger partial charge on any atom is 0.238 e. The molecule has 0 aliphatic heterocycles. The summed E-state index contributed by atoms with van der Waals surface area (Å²) >= 11 is 9.45. The Morgan fingerprint density at radius 2 is 1.86 bits per heavy atom. The molecule has 0 radical (unpaired) electrons. The van der Waals surface area contributed by atoms with Crippen LogP contribution in [0.15, 0.2) is 39.7 Å². The lowest BCUT2D eigenvalue weighted by atomic mass is 10.1. The van der Waals surface area contributed by atoms with Crippen LogP contribution in [0.25, 0.3) is 0 Å². The van der Waals surface area contributed by atoms with Gasteiger partial charge in [-0.1, -0.05) is 27.5 Å². The molecule has 0 aromatic heterocycles. The van der Waals surface area contributed by atoms with E-state index in [1.165, 1.54) is 6.07 Å². The van der Waals surface area contributed by atoms with E-state index in [1.54, 1.807) is 25.1 Å². The van der Waals surface area contributed by atoms with Crippen molar-refractivity contribution in [1.29, 1.82) is 0 Å². The van der Waals surface area contributed by atoms with Crippen LogP contribution in [0.1, 0.15) is 5.56 Å². The van der Waals surface area contributed by atoms with Crippen LogP contribution in [-0.4, -0.2) is 8.42 Å². The van der Waals surface area contributed by atoms with Crippen molar-refractivity contribution in [2.24, 2.45) is 5.14 Å². The highest BCUT2D eigenvalue weighted by Crippen LogP contribution is 2.32. The third-order valence-electron chi connectivity index (χ3n) is 2.89. The number of nitrogens with two attached hydrogens (primary N) is 2. The first-order chi connectivity index (χ1) is 9.68. The molecule has 0 amide bonds. The maximum absolute atomic E-state index is 11.6. The first-order valence-electron chi connectivity index (χ1n) is 5.83. The molecule has 2 rings (SSSR count). The van der Waals surface area contributed by atoms with Crippen molar-refractivity contribution in [3.63, 3.8) is 0 Å². The molecular formula is C13H13BrClN3O2S. The summed E-state index contributed by atoms with van der Waals surface area (Å²) in [6.45, 7) is 1.65. The molecule has 2 aromatic rings. The van der Waals surface area contributed by atoms with E-state index in [2.05, 4.69) is 21.2 Å². The van der Waals surface area contributed by atoms with Crippen molar-refractivity contribution in [3.05, 3.63) is 45.4 Å². The third-order valence-corrected chi connectivity index (χ3v) is 4.73. The molecule has 112 valence electrons. The van der Waals surface area contributed by atoms with Gasteiger partial charge < -0.3 is 11.1 Å². The van der Waals surface area contributed by atoms with Crippen molar-refractivity contribution >= 4 is 54.6 Å². The number of nitrogens with one attached hydrogen (secondary N) is 1. The second kappa shape index (κ2) is 5.84. The third kappa shape index (κ3) is 3.68. The van der Waals surface area contributed by atoms with Crippen molar-refractivity contribution in [2.75, 3.05) is 11.1 Å². The largest absolute Gasteiger partial charge is 0.399 e. The van der Waals surface area contributed by atoms with Crippen LogP contribution in [0.4, 0.5) is 17.1 Å². The molecule has 0 fully saturated rings. The van der Waals surface area contributed by atoms with E-state index in [-0.39, 0.29) is 4.90 Å². The van der Waals surface area contributed by atoms with Gasteiger partial charge >= 0.3 is 0 Å². The quantitative estimate of drug-likeness (QED) is 0.700. The van der Waals surface area contributed by atoms with E-state index in [0.29, 0.717) is 27.6 Å². The average molecular weight is 391 g/mol. The van der Waals surface area contributed by atoms with E-state index >= 15 is 0 Å². The fraction of sp³-hybridized carbons (Fsp3) is 0.0769. The van der Waals surface area contributed by atoms with Gasteiger partial charge in [-0.05, 0) is 42.8 Å². The minimum Gasteiger partial charge on any atom is -0.399 e. The van der Waals surface area contributed by atoms with Gasteiger partial charge in [0.2, 0.25) is 10.0 Å². The summed E-state index contributed by atoms with van der Waals surface area (Å²) in [6.07, 6.45) is 0. The van der Waals surface area contributed by atoms with E-state index in [4.69, 9.17) is 22.5 Å². The smallest absolute Gasteiger partial charge is 0.238 e. The van der Waals surface area contributed by atoms with Crippen LogP contribution >= 0.6 is 27.5 Å². The standard InChI is InChI=1S/C13H13BrClN3O2S/c1-7-12(5-9(16)6-13(7)21(17,19)20)18-11-3-2-8(14)4-10(11)15/h2-6,18H,16H2,1H3,(H2,17,19,20). The Morgan fingerprint density at radius 1 is 1.19 bits per heavy atom. The molecule has 5 nitrogen and oxygen atoms in total. The Hall–Kier alpha value is -1.28. The number of sulfonamides is 1. The van der Waals surface area contributed by atoms with Crippen molar-refractivity contribution < 1.29 is 8.42 Å². The van der Waals surface area contributed by atoms with Gasteiger partial charge in [-0.3, -0.25) is 0 Å². The van der Waals surface area contributed by atoms with E-state index in [1.807, 2.05) is 6.07 Å². The molecule has 0 spiro atoms. The number of rotatable bonds is 3. The topological polar surface area (TPSA) is 98.2 Å². The number of hydrogen-bond acceptors (Lipinski definition) is 4. The molecule has 2 aromatic carbocycles. The number of anilines is 3. The Balaban J connectivity index is 2.52. The van der Waals surface area contributed by atoms with Gasteiger partial charge in [0, 0.05) is 15.8 Å². The molecule has 0 saturated heterocycles. The molecule has 0 unspecified atom stereocenters. The molecule has 0 aliphatic rings. The second-order valence-corrected chi connectivity index (χ2v) is 7.34. The number of halogens is 2. The lowest BCUT2D eigenvalue weighted by Gasteiger charge is -2.15. The molecular weight excluding hydrogens is 378 g/mol. The summed E-state index contributed by atoms with van der Waals surface area (Å²) in [5.74, 6) is 0. The fourth-order valence-electron chi connectivity index (χ4n) is 1.87. The first-order valence-corrected chi connectivity index (χ1v) is 8.55. The van der Waals surface area contributed by atoms with Crippen LogP contribution in [0.5, 0.6) is 0 Å². The molecule has 21 heavy (non-hydrogen) atoms. The highest BCUT2D eigenvalue weighted by atomic mass is 79.9. The van der Waals surface area contributed by atoms with E-state index in [9.17, 15) is 8.42 Å². The summed E-state index contributed by atoms with van der Waals surface area (Å²) in [5, 5.41) is 8.75. The Bertz CT molecular complexity index is 809. The van der Waals surface area contributed by atoms with Crippen LogP contribution in [0.3, 0.4) is 0 Å². The highest BCUT2D eigenvalue weighted by molar-refractivity contribution is 9.10. The van der Waals surface area contributed by atoms with Gasteiger partial charge in [-0.2, -0.15) is 0 Å². The summed E-state index contributed by atoms with van der Waals surface area (Å²) < 4.78 is 24.0. The van der Waals surface area contributed by atoms with Crippen molar-refractivity contribution in [2.45, 2.75) is 11.8 Å². The number of nitrogen functional groups attached to an aromatic ring is 1. The number of primary sulfonamides is 1. The normalized spacial score (nSPS) is 11.4. The first kappa shape index (κ1) is 16.1. The predicted octanol–water partition coefficient (Wildman–Crippen LogP) is 3.38. The summed E-state index contributed by atoms with van der Waals surface area (Å²) in [4.78, 5) is -0.0155. The zero-order valence-electron chi connectivity index (χ0n) is 11.0. The molecule has 8 heteroatoms. The average Bonchev–Trinajstić information content (AvgIpc) is 2.35. The lowest BCUT2D eigenvalue weighted by Crippen LogP contribution is -2.15. The van der Waals surface area contributed by atoms with E-state index < -0.39 is 10.0 Å². The van der Waals surface area contributed by atoms with Crippen molar-refractivity contribution in [1.82, 2.24) is 0 Å². The summed E-state index contributed by atoms with van der Waals surface area (Å²) in [7, 11) is -3.85. The predicted molar refractivity (Wildman–Crippen MR) is 89.4 cm³/mol. The van der Waals surface area contributed by atoms with E-state index in [0.717, 1.165) is 4.47 Å².